The van der Waals surface area contributed by atoms with Crippen LogP contribution in [0.2, 0.25) is 0 Å². The number of carbonyl (C=O) groups excluding carboxylic acids is 1. The first kappa shape index (κ1) is 20.8. The van der Waals surface area contributed by atoms with E-state index in [9.17, 15) is 9.59 Å². The number of hydrogen-bond donors (Lipinski definition) is 2. The molecule has 0 saturated carbocycles. The zero-order valence-electron chi connectivity index (χ0n) is 18.1. The van der Waals surface area contributed by atoms with Crippen molar-refractivity contribution in [3.05, 3.63) is 45.9 Å². The van der Waals surface area contributed by atoms with Gasteiger partial charge in [0.05, 0.1) is 23.2 Å². The van der Waals surface area contributed by atoms with Crippen LogP contribution < -0.4 is 16.2 Å². The van der Waals surface area contributed by atoms with Crippen molar-refractivity contribution < 1.29 is 14.3 Å². The van der Waals surface area contributed by atoms with E-state index in [1.807, 2.05) is 13.0 Å². The van der Waals surface area contributed by atoms with Crippen molar-refractivity contribution in [2.45, 2.75) is 44.8 Å². The molecule has 2 fully saturated rings. The molecule has 32 heavy (non-hydrogen) atoms. The van der Waals surface area contributed by atoms with Crippen molar-refractivity contribution in [2.75, 3.05) is 31.6 Å². The monoisotopic (exact) mass is 437 g/mol. The Morgan fingerprint density at radius 3 is 2.59 bits per heavy atom. The lowest BCUT2D eigenvalue weighted by Gasteiger charge is -2.16. The predicted molar refractivity (Wildman–Crippen MR) is 120 cm³/mol. The molecule has 2 aliphatic rings. The largest absolute Gasteiger partial charge is 0.376 e. The smallest absolute Gasteiger partial charge is 0.267 e. The van der Waals surface area contributed by atoms with Gasteiger partial charge in [0.25, 0.3) is 11.5 Å². The van der Waals surface area contributed by atoms with E-state index in [1.165, 1.54) is 4.40 Å². The molecular weight excluding hydrogens is 410 g/mol. The highest BCUT2D eigenvalue weighted by Gasteiger charge is 2.22. The summed E-state index contributed by atoms with van der Waals surface area (Å²) < 4.78 is 12.8. The van der Waals surface area contributed by atoms with Crippen molar-refractivity contribution in [2.24, 2.45) is 0 Å². The van der Waals surface area contributed by atoms with Crippen LogP contribution >= 0.6 is 0 Å². The average molecular weight is 438 g/mol. The van der Waals surface area contributed by atoms with Gasteiger partial charge in [-0.3, -0.25) is 14.0 Å². The minimum absolute atomic E-state index is 0.0230. The van der Waals surface area contributed by atoms with Gasteiger partial charge in [-0.1, -0.05) is 6.07 Å². The molecule has 3 aromatic rings. The Hall–Kier alpha value is -3.04. The number of amides is 1. The molecule has 0 aromatic carbocycles. The van der Waals surface area contributed by atoms with Crippen LogP contribution in [-0.2, 0) is 9.47 Å². The van der Waals surface area contributed by atoms with Crippen LogP contribution in [0.1, 0.15) is 41.6 Å². The van der Waals surface area contributed by atoms with Gasteiger partial charge >= 0.3 is 0 Å². The van der Waals surface area contributed by atoms with Gasteiger partial charge in [0.2, 0.25) is 0 Å². The molecule has 2 aliphatic heterocycles. The third-order valence-corrected chi connectivity index (χ3v) is 6.03. The molecule has 3 aromatic heterocycles. The molecule has 5 heterocycles. The second-order valence-corrected chi connectivity index (χ2v) is 8.47. The maximum atomic E-state index is 13.2. The molecule has 2 N–H and O–H groups in total. The minimum Gasteiger partial charge on any atom is -0.376 e. The topological polar surface area (TPSA) is 107 Å². The molecule has 5 rings (SSSR count). The highest BCUT2D eigenvalue weighted by Crippen LogP contribution is 2.21. The molecular formula is C23H27N5O4. The summed E-state index contributed by atoms with van der Waals surface area (Å²) in [6.45, 7) is 4.35. The number of pyridine rings is 2. The van der Waals surface area contributed by atoms with Crippen molar-refractivity contribution in [3.63, 3.8) is 0 Å². The summed E-state index contributed by atoms with van der Waals surface area (Å²) in [6, 6.07) is 5.28. The highest BCUT2D eigenvalue weighted by atomic mass is 16.5. The highest BCUT2D eigenvalue weighted by molar-refractivity contribution is 6.01. The average Bonchev–Trinajstić information content (AvgIpc) is 3.50. The number of anilines is 1. The lowest BCUT2D eigenvalue weighted by Crippen LogP contribution is -2.33. The van der Waals surface area contributed by atoms with Gasteiger partial charge in [-0.15, -0.1) is 0 Å². The third kappa shape index (κ3) is 4.18. The van der Waals surface area contributed by atoms with Crippen LogP contribution in [0.4, 0.5) is 5.82 Å². The first-order chi connectivity index (χ1) is 15.6. The molecule has 0 unspecified atom stereocenters. The number of hydrogen-bond acceptors (Lipinski definition) is 7. The Bertz CT molecular complexity index is 1210. The first-order valence-electron chi connectivity index (χ1n) is 11.2. The minimum atomic E-state index is -0.293. The van der Waals surface area contributed by atoms with E-state index in [0.717, 1.165) is 44.5 Å². The summed E-state index contributed by atoms with van der Waals surface area (Å²) in [5.74, 6) is 0.111. The molecule has 1 amide bonds. The van der Waals surface area contributed by atoms with E-state index >= 15 is 0 Å². The zero-order chi connectivity index (χ0) is 22.1. The number of fused-ring (bicyclic) bond motifs is 2. The van der Waals surface area contributed by atoms with Gasteiger partial charge in [0.1, 0.15) is 11.5 Å². The molecule has 9 nitrogen and oxygen atoms in total. The number of nitrogens with one attached hydrogen (secondary N) is 2. The third-order valence-electron chi connectivity index (χ3n) is 6.03. The number of aryl methyl sites for hydroxylation is 1. The molecule has 9 heteroatoms. The Balaban J connectivity index is 1.52. The summed E-state index contributed by atoms with van der Waals surface area (Å²) in [7, 11) is 0. The van der Waals surface area contributed by atoms with Crippen molar-refractivity contribution >= 4 is 28.4 Å². The lowest BCUT2D eigenvalue weighted by molar-refractivity contribution is 0.0858. The van der Waals surface area contributed by atoms with E-state index in [2.05, 4.69) is 20.6 Å². The van der Waals surface area contributed by atoms with Gasteiger partial charge in [-0.2, -0.15) is 0 Å². The van der Waals surface area contributed by atoms with E-state index in [1.54, 1.807) is 18.3 Å². The van der Waals surface area contributed by atoms with Crippen LogP contribution in [0.15, 0.2) is 29.2 Å². The van der Waals surface area contributed by atoms with Crippen molar-refractivity contribution in [1.29, 1.82) is 0 Å². The fourth-order valence-electron chi connectivity index (χ4n) is 4.27. The summed E-state index contributed by atoms with van der Waals surface area (Å²) in [4.78, 5) is 35.4. The van der Waals surface area contributed by atoms with Gasteiger partial charge in [0.15, 0.2) is 5.65 Å². The molecule has 0 bridgehead atoms. The second kappa shape index (κ2) is 8.84. The fourth-order valence-corrected chi connectivity index (χ4v) is 4.27. The molecule has 2 atom stereocenters. The molecule has 0 aliphatic carbocycles. The lowest BCUT2D eigenvalue weighted by atomic mass is 10.1. The molecule has 168 valence electrons. The molecule has 2 saturated heterocycles. The maximum absolute atomic E-state index is 13.2. The van der Waals surface area contributed by atoms with Gasteiger partial charge in [-0.05, 0) is 50.3 Å². The quantitative estimate of drug-likeness (QED) is 0.569. The Kier molecular flexibility index (Phi) is 5.75. The predicted octanol–water partition coefficient (Wildman–Crippen LogP) is 2.05. The van der Waals surface area contributed by atoms with E-state index in [-0.39, 0.29) is 23.7 Å². The molecule has 0 radical (unpaired) electrons. The van der Waals surface area contributed by atoms with Crippen molar-refractivity contribution in [3.8, 4) is 0 Å². The fraction of sp³-hybridized carbons (Fsp3) is 0.478. The van der Waals surface area contributed by atoms with Gasteiger partial charge in [0, 0.05) is 32.5 Å². The number of ether oxygens (including phenoxy) is 2. The summed E-state index contributed by atoms with van der Waals surface area (Å²) in [5, 5.41) is 6.49. The number of rotatable bonds is 6. The Morgan fingerprint density at radius 2 is 1.88 bits per heavy atom. The summed E-state index contributed by atoms with van der Waals surface area (Å²) >= 11 is 0. The van der Waals surface area contributed by atoms with Crippen LogP contribution in [0, 0.1) is 6.92 Å². The van der Waals surface area contributed by atoms with Gasteiger partial charge < -0.3 is 20.1 Å². The maximum Gasteiger partial charge on any atom is 0.267 e. The number of nitrogens with zero attached hydrogens (tertiary/aromatic N) is 3. The van der Waals surface area contributed by atoms with Crippen molar-refractivity contribution in [1.82, 2.24) is 19.7 Å². The Morgan fingerprint density at radius 1 is 1.12 bits per heavy atom. The first-order valence-corrected chi connectivity index (χ1v) is 11.2. The van der Waals surface area contributed by atoms with E-state index < -0.39 is 0 Å². The number of aromatic nitrogens is 3. The second-order valence-electron chi connectivity index (χ2n) is 8.47. The normalized spacial score (nSPS) is 20.8. The van der Waals surface area contributed by atoms with Crippen LogP contribution in [0.3, 0.4) is 0 Å². The Labute approximate surface area is 185 Å². The van der Waals surface area contributed by atoms with E-state index in [0.29, 0.717) is 41.2 Å². The SMILES string of the molecule is Cc1ccc2nc3nc(NC[C@@H]4CCCO4)c(C(=O)NC[C@@H]4CCCO4)cc3c(=O)n2c1. The van der Waals surface area contributed by atoms with E-state index in [4.69, 9.17) is 9.47 Å². The summed E-state index contributed by atoms with van der Waals surface area (Å²) in [6.07, 6.45) is 5.76. The van der Waals surface area contributed by atoms with Crippen LogP contribution in [0.25, 0.3) is 16.7 Å². The molecule has 0 spiro atoms. The summed E-state index contributed by atoms with van der Waals surface area (Å²) in [5.41, 5.74) is 1.84. The van der Waals surface area contributed by atoms with Crippen LogP contribution in [0.5, 0.6) is 0 Å². The number of carbonyl (C=O) groups is 1. The van der Waals surface area contributed by atoms with Crippen LogP contribution in [-0.4, -0.2) is 58.8 Å². The zero-order valence-corrected chi connectivity index (χ0v) is 18.1. The van der Waals surface area contributed by atoms with Gasteiger partial charge in [-0.25, -0.2) is 9.97 Å². The standard InChI is InChI=1S/C23H27N5O4/c1-14-6-7-19-26-21-18(23(30)28(19)13-14)10-17(22(29)25-12-16-5-3-9-32-16)20(27-21)24-11-15-4-2-8-31-15/h6-7,10,13,15-16H,2-5,8-9,11-12H2,1H3,(H,24,27)(H,25,29)/t15-,16-/m0/s1.